The summed E-state index contributed by atoms with van der Waals surface area (Å²) >= 11 is 3.35. The van der Waals surface area contributed by atoms with Crippen LogP contribution in [0.15, 0.2) is 41.1 Å². The zero-order valence-corrected chi connectivity index (χ0v) is 11.7. The quantitative estimate of drug-likeness (QED) is 0.924. The molecule has 0 aliphatic carbocycles. The Labute approximate surface area is 119 Å². The van der Waals surface area contributed by atoms with Crippen LogP contribution in [0.1, 0.15) is 21.5 Å². The van der Waals surface area contributed by atoms with Gasteiger partial charge in [0.15, 0.2) is 0 Å². The number of nitrogens with one attached hydrogen (secondary N) is 1. The van der Waals surface area contributed by atoms with Crippen molar-refractivity contribution in [1.82, 2.24) is 4.98 Å². The summed E-state index contributed by atoms with van der Waals surface area (Å²) in [5, 5.41) is 11.7. The first-order valence-corrected chi connectivity index (χ1v) is 6.32. The summed E-state index contributed by atoms with van der Waals surface area (Å²) < 4.78 is 0.875. The van der Waals surface area contributed by atoms with E-state index in [-0.39, 0.29) is 11.5 Å². The molecule has 0 saturated heterocycles. The van der Waals surface area contributed by atoms with E-state index in [9.17, 15) is 4.79 Å². The van der Waals surface area contributed by atoms with E-state index >= 15 is 0 Å². The summed E-state index contributed by atoms with van der Waals surface area (Å²) in [6, 6.07) is 9.11. The number of carbonyl (C=O) groups is 1. The minimum atomic E-state index is -0.342. The van der Waals surface area contributed by atoms with Crippen molar-refractivity contribution < 1.29 is 4.79 Å². The second-order valence-electron chi connectivity index (χ2n) is 3.95. The van der Waals surface area contributed by atoms with Gasteiger partial charge in [-0.05, 0) is 30.7 Å². The molecule has 0 aliphatic heterocycles. The molecule has 0 aliphatic rings. The average Bonchev–Trinajstić information content (AvgIpc) is 2.42. The van der Waals surface area contributed by atoms with Gasteiger partial charge in [0.1, 0.15) is 6.07 Å². The van der Waals surface area contributed by atoms with Crippen LogP contribution in [0.5, 0.6) is 0 Å². The predicted molar refractivity (Wildman–Crippen MR) is 75.8 cm³/mol. The van der Waals surface area contributed by atoms with Crippen molar-refractivity contribution in [2.24, 2.45) is 0 Å². The van der Waals surface area contributed by atoms with Gasteiger partial charge in [-0.2, -0.15) is 5.26 Å². The first kappa shape index (κ1) is 13.2. The third-order valence-corrected chi connectivity index (χ3v) is 3.13. The van der Waals surface area contributed by atoms with Crippen LogP contribution in [0, 0.1) is 18.3 Å². The van der Waals surface area contributed by atoms with Gasteiger partial charge in [-0.1, -0.05) is 22.0 Å². The van der Waals surface area contributed by atoms with Crippen molar-refractivity contribution in [1.29, 1.82) is 5.26 Å². The van der Waals surface area contributed by atoms with E-state index in [0.717, 1.165) is 10.0 Å². The third kappa shape index (κ3) is 2.98. The third-order valence-electron chi connectivity index (χ3n) is 2.63. The average molecular weight is 316 g/mol. The van der Waals surface area contributed by atoms with Crippen LogP contribution in [0.2, 0.25) is 0 Å². The topological polar surface area (TPSA) is 65.8 Å². The zero-order valence-electron chi connectivity index (χ0n) is 10.1. The molecule has 1 heterocycles. The number of hydrogen-bond acceptors (Lipinski definition) is 3. The van der Waals surface area contributed by atoms with Crippen LogP contribution in [0.25, 0.3) is 0 Å². The van der Waals surface area contributed by atoms with Crippen molar-refractivity contribution in [3.63, 3.8) is 0 Å². The molecule has 2 rings (SSSR count). The highest BCUT2D eigenvalue weighted by molar-refractivity contribution is 9.10. The first-order chi connectivity index (χ1) is 9.11. The molecule has 1 aromatic heterocycles. The smallest absolute Gasteiger partial charge is 0.258 e. The van der Waals surface area contributed by atoms with Crippen LogP contribution in [0.3, 0.4) is 0 Å². The Hall–Kier alpha value is -2.19. The van der Waals surface area contributed by atoms with Gasteiger partial charge >= 0.3 is 0 Å². The molecular formula is C14H10BrN3O. The van der Waals surface area contributed by atoms with Crippen molar-refractivity contribution >= 4 is 27.5 Å². The molecule has 1 N–H and O–H groups in total. The van der Waals surface area contributed by atoms with Crippen LogP contribution < -0.4 is 5.32 Å². The van der Waals surface area contributed by atoms with E-state index in [0.29, 0.717) is 11.3 Å². The lowest BCUT2D eigenvalue weighted by atomic mass is 10.1. The molecule has 4 nitrogen and oxygen atoms in total. The fourth-order valence-corrected chi connectivity index (χ4v) is 1.95. The lowest BCUT2D eigenvalue weighted by molar-refractivity contribution is 0.102. The lowest BCUT2D eigenvalue weighted by Crippen LogP contribution is -2.14. The molecule has 5 heteroatoms. The van der Waals surface area contributed by atoms with Crippen LogP contribution in [-0.4, -0.2) is 10.9 Å². The summed E-state index contributed by atoms with van der Waals surface area (Å²) in [4.78, 5) is 16.0. The molecule has 94 valence electrons. The van der Waals surface area contributed by atoms with E-state index in [4.69, 9.17) is 5.26 Å². The number of nitriles is 1. The Morgan fingerprint density at radius 1 is 1.42 bits per heavy atom. The molecule has 2 aromatic rings. The van der Waals surface area contributed by atoms with E-state index < -0.39 is 0 Å². The second-order valence-corrected chi connectivity index (χ2v) is 4.86. The molecule has 1 amide bonds. The standard InChI is InChI=1S/C14H10BrN3O/c1-9-2-3-11(15)6-13(9)18-14(19)12-8-17-5-4-10(12)7-16/h2-6,8H,1H3,(H,18,19). The molecule has 0 atom stereocenters. The molecule has 1 aromatic carbocycles. The molecule has 0 saturated carbocycles. The van der Waals surface area contributed by atoms with Crippen LogP contribution in [-0.2, 0) is 0 Å². The molecule has 0 fully saturated rings. The van der Waals surface area contributed by atoms with Gasteiger partial charge in [0.2, 0.25) is 0 Å². The fourth-order valence-electron chi connectivity index (χ4n) is 1.59. The molecule has 19 heavy (non-hydrogen) atoms. The molecule has 0 radical (unpaired) electrons. The largest absolute Gasteiger partial charge is 0.322 e. The number of nitrogens with zero attached hydrogens (tertiary/aromatic N) is 2. The highest BCUT2D eigenvalue weighted by atomic mass is 79.9. The number of carbonyl (C=O) groups excluding carboxylic acids is 1. The summed E-state index contributed by atoms with van der Waals surface area (Å²) in [6.45, 7) is 1.90. The number of anilines is 1. The monoisotopic (exact) mass is 315 g/mol. The number of aromatic nitrogens is 1. The van der Waals surface area contributed by atoms with Crippen molar-refractivity contribution in [3.8, 4) is 6.07 Å². The van der Waals surface area contributed by atoms with E-state index in [1.165, 1.54) is 18.5 Å². The number of benzene rings is 1. The van der Waals surface area contributed by atoms with Crippen molar-refractivity contribution in [2.45, 2.75) is 6.92 Å². The molecule has 0 unspecified atom stereocenters. The van der Waals surface area contributed by atoms with Crippen LogP contribution in [0.4, 0.5) is 5.69 Å². The van der Waals surface area contributed by atoms with Gasteiger partial charge in [0.05, 0.1) is 11.1 Å². The van der Waals surface area contributed by atoms with Gasteiger partial charge in [0.25, 0.3) is 5.91 Å². The number of amides is 1. The van der Waals surface area contributed by atoms with E-state index in [2.05, 4.69) is 26.2 Å². The maximum Gasteiger partial charge on any atom is 0.258 e. The Morgan fingerprint density at radius 2 is 2.21 bits per heavy atom. The number of halogens is 1. The van der Waals surface area contributed by atoms with Crippen molar-refractivity contribution in [2.75, 3.05) is 5.32 Å². The highest BCUT2D eigenvalue weighted by Gasteiger charge is 2.12. The second kappa shape index (κ2) is 5.63. The number of pyridine rings is 1. The van der Waals surface area contributed by atoms with Crippen LogP contribution >= 0.6 is 15.9 Å². The summed E-state index contributed by atoms with van der Waals surface area (Å²) in [5.74, 6) is -0.342. The molecular weight excluding hydrogens is 306 g/mol. The van der Waals surface area contributed by atoms with E-state index in [1.54, 1.807) is 0 Å². The SMILES string of the molecule is Cc1ccc(Br)cc1NC(=O)c1cnccc1C#N. The number of rotatable bonds is 2. The highest BCUT2D eigenvalue weighted by Crippen LogP contribution is 2.21. The Morgan fingerprint density at radius 3 is 2.95 bits per heavy atom. The zero-order chi connectivity index (χ0) is 13.8. The maximum absolute atomic E-state index is 12.1. The Balaban J connectivity index is 2.31. The summed E-state index contributed by atoms with van der Waals surface area (Å²) in [5.41, 5.74) is 2.22. The van der Waals surface area contributed by atoms with Crippen molar-refractivity contribution in [3.05, 3.63) is 57.8 Å². The summed E-state index contributed by atoms with van der Waals surface area (Å²) in [6.07, 6.45) is 2.88. The molecule has 0 bridgehead atoms. The first-order valence-electron chi connectivity index (χ1n) is 5.53. The Bertz CT molecular complexity index is 677. The minimum absolute atomic E-state index is 0.268. The minimum Gasteiger partial charge on any atom is -0.322 e. The van der Waals surface area contributed by atoms with Gasteiger partial charge in [-0.3, -0.25) is 9.78 Å². The predicted octanol–water partition coefficient (Wildman–Crippen LogP) is 3.28. The molecule has 0 spiro atoms. The van der Waals surface area contributed by atoms with Gasteiger partial charge in [-0.25, -0.2) is 0 Å². The Kier molecular flexibility index (Phi) is 3.93. The number of hydrogen-bond donors (Lipinski definition) is 1. The number of aryl methyl sites for hydroxylation is 1. The lowest BCUT2D eigenvalue weighted by Gasteiger charge is -2.09. The van der Waals surface area contributed by atoms with Gasteiger partial charge in [-0.15, -0.1) is 0 Å². The summed E-state index contributed by atoms with van der Waals surface area (Å²) in [7, 11) is 0. The maximum atomic E-state index is 12.1. The fraction of sp³-hybridized carbons (Fsp3) is 0.0714. The van der Waals surface area contributed by atoms with E-state index in [1.807, 2.05) is 31.2 Å². The van der Waals surface area contributed by atoms with Gasteiger partial charge < -0.3 is 5.32 Å². The normalized spacial score (nSPS) is 9.74. The van der Waals surface area contributed by atoms with Gasteiger partial charge in [0, 0.05) is 22.6 Å².